The highest BCUT2D eigenvalue weighted by Gasteiger charge is 2.22. The van der Waals surface area contributed by atoms with E-state index in [2.05, 4.69) is 26.1 Å². The molecule has 32 heavy (non-hydrogen) atoms. The summed E-state index contributed by atoms with van der Waals surface area (Å²) in [5, 5.41) is 7.71. The normalized spacial score (nSPS) is 17.1. The van der Waals surface area contributed by atoms with E-state index in [9.17, 15) is 0 Å². The summed E-state index contributed by atoms with van der Waals surface area (Å²) >= 11 is 0. The van der Waals surface area contributed by atoms with Crippen molar-refractivity contribution in [2.75, 3.05) is 31.2 Å². The van der Waals surface area contributed by atoms with Crippen molar-refractivity contribution in [2.45, 2.75) is 32.1 Å². The van der Waals surface area contributed by atoms with Crippen LogP contribution < -0.4 is 4.90 Å². The van der Waals surface area contributed by atoms with Crippen LogP contribution in [0.3, 0.4) is 0 Å². The largest absolute Gasteiger partial charge is 0.450 e. The summed E-state index contributed by atoms with van der Waals surface area (Å²) in [4.78, 5) is 16.1. The lowest BCUT2D eigenvalue weighted by atomic mass is 9.82. The molecule has 164 valence electrons. The summed E-state index contributed by atoms with van der Waals surface area (Å²) in [5.41, 5.74) is 4.70. The third-order valence-electron chi connectivity index (χ3n) is 6.43. The van der Waals surface area contributed by atoms with E-state index >= 15 is 0 Å². The van der Waals surface area contributed by atoms with Gasteiger partial charge in [0.2, 0.25) is 0 Å². The molecule has 1 saturated heterocycles. The predicted octanol–water partition coefficient (Wildman–Crippen LogP) is 3.78. The summed E-state index contributed by atoms with van der Waals surface area (Å²) < 4.78 is 11.8. The Bertz CT molecular complexity index is 1210. The van der Waals surface area contributed by atoms with Crippen molar-refractivity contribution in [1.82, 2.24) is 25.1 Å². The van der Waals surface area contributed by atoms with Crippen LogP contribution in [0.4, 0.5) is 5.82 Å². The Balaban J connectivity index is 1.34. The van der Waals surface area contributed by atoms with Gasteiger partial charge in [0.15, 0.2) is 11.4 Å². The molecule has 8 nitrogen and oxygen atoms in total. The molecule has 1 aliphatic carbocycles. The third-order valence-corrected chi connectivity index (χ3v) is 6.43. The number of aromatic nitrogens is 5. The van der Waals surface area contributed by atoms with Gasteiger partial charge in [0, 0.05) is 49.2 Å². The number of morpholine rings is 1. The number of hydrogen-bond donors (Lipinski definition) is 1. The molecule has 0 radical (unpaired) electrons. The number of anilines is 1. The Morgan fingerprint density at radius 3 is 2.69 bits per heavy atom. The molecule has 1 saturated carbocycles. The average molecular weight is 431 g/mol. The number of ether oxygens (including phenoxy) is 1. The zero-order valence-corrected chi connectivity index (χ0v) is 18.0. The van der Waals surface area contributed by atoms with Crippen molar-refractivity contribution in [3.05, 3.63) is 53.9 Å². The van der Waals surface area contributed by atoms with Crippen LogP contribution in [0.5, 0.6) is 0 Å². The van der Waals surface area contributed by atoms with Crippen LogP contribution in [-0.4, -0.2) is 51.5 Å². The minimum Gasteiger partial charge on any atom is -0.450 e. The molecule has 0 unspecified atom stereocenters. The molecule has 4 aromatic rings. The average Bonchev–Trinajstić information content (AvgIpc) is 3.44. The van der Waals surface area contributed by atoms with E-state index in [1.165, 1.54) is 19.3 Å². The molecule has 0 atom stereocenters. The summed E-state index contributed by atoms with van der Waals surface area (Å²) in [6.45, 7) is 2.94. The number of hydrogen-bond acceptors (Lipinski definition) is 7. The molecule has 1 N–H and O–H groups in total. The highest BCUT2D eigenvalue weighted by atomic mass is 16.5. The quantitative estimate of drug-likeness (QED) is 0.498. The molecule has 8 heteroatoms. The van der Waals surface area contributed by atoms with Crippen LogP contribution in [0.15, 0.2) is 41.1 Å². The fourth-order valence-electron chi connectivity index (χ4n) is 4.46. The first-order chi connectivity index (χ1) is 15.8. The Labute approximate surface area is 186 Å². The Morgan fingerprint density at radius 2 is 1.91 bits per heavy atom. The van der Waals surface area contributed by atoms with Gasteiger partial charge in [-0.25, -0.2) is 9.97 Å². The van der Waals surface area contributed by atoms with E-state index in [4.69, 9.17) is 19.1 Å². The highest BCUT2D eigenvalue weighted by Crippen LogP contribution is 2.33. The number of rotatable bonds is 6. The SMILES string of the molecule is c1cc(-c2cc3nc(Cc4cc(CC5CCC5)n[nH]4)nc(N4CCOCC4)c3o2)ccn1. The Kier molecular flexibility index (Phi) is 5.07. The number of pyridine rings is 1. The highest BCUT2D eigenvalue weighted by molar-refractivity contribution is 5.88. The lowest BCUT2D eigenvalue weighted by molar-refractivity contribution is 0.122. The van der Waals surface area contributed by atoms with E-state index in [0.717, 1.165) is 70.9 Å². The Morgan fingerprint density at radius 1 is 1.06 bits per heavy atom. The molecule has 4 aromatic heterocycles. The van der Waals surface area contributed by atoms with E-state index < -0.39 is 0 Å². The van der Waals surface area contributed by atoms with Crippen molar-refractivity contribution in [3.63, 3.8) is 0 Å². The van der Waals surface area contributed by atoms with Crippen molar-refractivity contribution < 1.29 is 9.15 Å². The van der Waals surface area contributed by atoms with Gasteiger partial charge in [0.1, 0.15) is 17.1 Å². The van der Waals surface area contributed by atoms with Gasteiger partial charge in [-0.2, -0.15) is 5.10 Å². The molecule has 2 aliphatic rings. The summed E-state index contributed by atoms with van der Waals surface area (Å²) in [5.74, 6) is 3.17. The molecular formula is C24H26N6O2. The molecule has 0 spiro atoms. The first kappa shape index (κ1) is 19.4. The van der Waals surface area contributed by atoms with E-state index in [0.29, 0.717) is 19.6 Å². The third kappa shape index (κ3) is 3.86. The van der Waals surface area contributed by atoms with E-state index in [1.54, 1.807) is 12.4 Å². The molecule has 6 rings (SSSR count). The number of aromatic amines is 1. The number of nitrogens with one attached hydrogen (secondary N) is 1. The molecule has 5 heterocycles. The number of nitrogens with zero attached hydrogens (tertiary/aromatic N) is 5. The summed E-state index contributed by atoms with van der Waals surface area (Å²) in [7, 11) is 0. The number of fused-ring (bicyclic) bond motifs is 1. The number of H-pyrrole nitrogens is 1. The molecule has 0 amide bonds. The first-order valence-electron chi connectivity index (χ1n) is 11.4. The van der Waals surface area contributed by atoms with Gasteiger partial charge < -0.3 is 14.1 Å². The van der Waals surface area contributed by atoms with E-state index in [1.807, 2.05) is 18.2 Å². The van der Waals surface area contributed by atoms with Crippen LogP contribution >= 0.6 is 0 Å². The van der Waals surface area contributed by atoms with Crippen molar-refractivity contribution >= 4 is 16.9 Å². The second kappa shape index (κ2) is 8.35. The minimum absolute atomic E-state index is 0.612. The first-order valence-corrected chi connectivity index (χ1v) is 11.4. The smallest absolute Gasteiger partial charge is 0.195 e. The molecule has 2 fully saturated rings. The van der Waals surface area contributed by atoms with Gasteiger partial charge in [-0.3, -0.25) is 10.1 Å². The number of furan rings is 1. The maximum absolute atomic E-state index is 6.25. The van der Waals surface area contributed by atoms with Gasteiger partial charge in [-0.05, 0) is 30.5 Å². The standard InChI is InChI=1S/C24H26N6O2/c1-2-16(3-1)12-18-13-19(29-28-18)14-22-26-20-15-21(17-4-6-25-7-5-17)32-23(20)24(27-22)30-8-10-31-11-9-30/h4-7,13,15-16H,1-3,8-12,14H2,(H,28,29). The van der Waals surface area contributed by atoms with Crippen LogP contribution in [0, 0.1) is 5.92 Å². The zero-order valence-electron chi connectivity index (χ0n) is 18.0. The fourth-order valence-corrected chi connectivity index (χ4v) is 4.46. The maximum atomic E-state index is 6.25. The van der Waals surface area contributed by atoms with Crippen LogP contribution in [0.25, 0.3) is 22.4 Å². The van der Waals surface area contributed by atoms with Gasteiger partial charge in [0.05, 0.1) is 18.9 Å². The van der Waals surface area contributed by atoms with Crippen molar-refractivity contribution in [3.8, 4) is 11.3 Å². The second-order valence-electron chi connectivity index (χ2n) is 8.69. The summed E-state index contributed by atoms with van der Waals surface area (Å²) in [6.07, 6.45) is 9.21. The lowest BCUT2D eigenvalue weighted by Gasteiger charge is -2.27. The molecule has 1 aliphatic heterocycles. The lowest BCUT2D eigenvalue weighted by Crippen LogP contribution is -2.37. The molecule has 0 bridgehead atoms. The predicted molar refractivity (Wildman–Crippen MR) is 121 cm³/mol. The van der Waals surface area contributed by atoms with Crippen LogP contribution in [0.1, 0.15) is 36.5 Å². The maximum Gasteiger partial charge on any atom is 0.195 e. The van der Waals surface area contributed by atoms with Gasteiger partial charge in [-0.15, -0.1) is 0 Å². The van der Waals surface area contributed by atoms with Gasteiger partial charge >= 0.3 is 0 Å². The fraction of sp³-hybridized carbons (Fsp3) is 0.417. The zero-order chi connectivity index (χ0) is 21.3. The van der Waals surface area contributed by atoms with Gasteiger partial charge in [0.25, 0.3) is 0 Å². The molecule has 0 aromatic carbocycles. The van der Waals surface area contributed by atoms with Crippen molar-refractivity contribution in [1.29, 1.82) is 0 Å². The van der Waals surface area contributed by atoms with E-state index in [-0.39, 0.29) is 0 Å². The Hall–Kier alpha value is -3.26. The summed E-state index contributed by atoms with van der Waals surface area (Å²) in [6, 6.07) is 8.04. The topological polar surface area (TPSA) is 93.0 Å². The molecular weight excluding hydrogens is 404 g/mol. The van der Waals surface area contributed by atoms with Gasteiger partial charge in [-0.1, -0.05) is 19.3 Å². The van der Waals surface area contributed by atoms with Crippen molar-refractivity contribution in [2.24, 2.45) is 5.92 Å². The minimum atomic E-state index is 0.612. The monoisotopic (exact) mass is 430 g/mol. The van der Waals surface area contributed by atoms with Crippen LogP contribution in [-0.2, 0) is 17.6 Å². The second-order valence-corrected chi connectivity index (χ2v) is 8.69. The van der Waals surface area contributed by atoms with Crippen LogP contribution in [0.2, 0.25) is 0 Å².